The molecular formula is C19H21NO7. The molecule has 2 aromatic rings. The molecule has 2 atom stereocenters. The molecule has 27 heavy (non-hydrogen) atoms. The normalized spacial score (nSPS) is 14.3. The smallest absolute Gasteiger partial charge is 0.407 e. The van der Waals surface area contributed by atoms with E-state index in [1.807, 2.05) is 30.3 Å². The molecule has 1 aliphatic heterocycles. The van der Waals surface area contributed by atoms with Gasteiger partial charge in [-0.25, -0.2) is 4.79 Å². The largest absolute Gasteiger partial charge is 0.493 e. The summed E-state index contributed by atoms with van der Waals surface area (Å²) in [5.74, 6) is 1.26. The molecule has 0 saturated carbocycles. The Hall–Kier alpha value is -2.97. The Labute approximate surface area is 156 Å². The molecule has 0 saturated heterocycles. The SMILES string of the molecule is COc1cc(C(O)C(O)CNC(=O)OCc2ccccc2)cc2c1OCO2. The number of ether oxygens (including phenoxy) is 4. The quantitative estimate of drug-likeness (QED) is 0.677. The van der Waals surface area contributed by atoms with Crippen LogP contribution in [0.2, 0.25) is 0 Å². The van der Waals surface area contributed by atoms with Gasteiger partial charge in [0.25, 0.3) is 0 Å². The van der Waals surface area contributed by atoms with Crippen molar-refractivity contribution in [1.29, 1.82) is 0 Å². The first kappa shape index (κ1) is 18.8. The van der Waals surface area contributed by atoms with Gasteiger partial charge in [0.1, 0.15) is 18.8 Å². The Bertz CT molecular complexity index is 781. The van der Waals surface area contributed by atoms with Gasteiger partial charge in [0.15, 0.2) is 11.5 Å². The van der Waals surface area contributed by atoms with E-state index in [4.69, 9.17) is 18.9 Å². The van der Waals surface area contributed by atoms with Gasteiger partial charge in [-0.05, 0) is 23.3 Å². The summed E-state index contributed by atoms with van der Waals surface area (Å²) in [6, 6.07) is 12.3. The maximum absolute atomic E-state index is 11.8. The van der Waals surface area contributed by atoms with E-state index in [1.165, 1.54) is 7.11 Å². The fourth-order valence-corrected chi connectivity index (χ4v) is 2.62. The molecule has 0 fully saturated rings. The maximum atomic E-state index is 11.8. The van der Waals surface area contributed by atoms with Crippen LogP contribution in [0.15, 0.2) is 42.5 Å². The minimum atomic E-state index is -1.26. The molecular weight excluding hydrogens is 354 g/mol. The van der Waals surface area contributed by atoms with Crippen molar-refractivity contribution in [3.05, 3.63) is 53.6 Å². The Kier molecular flexibility index (Phi) is 6.00. The number of nitrogens with one attached hydrogen (secondary N) is 1. The molecule has 144 valence electrons. The van der Waals surface area contributed by atoms with Crippen molar-refractivity contribution >= 4 is 6.09 Å². The zero-order valence-electron chi connectivity index (χ0n) is 14.8. The molecule has 3 N–H and O–H groups in total. The molecule has 1 amide bonds. The number of methoxy groups -OCH3 is 1. The highest BCUT2D eigenvalue weighted by Gasteiger charge is 2.26. The summed E-state index contributed by atoms with van der Waals surface area (Å²) >= 11 is 0. The second-order valence-corrected chi connectivity index (χ2v) is 5.91. The summed E-state index contributed by atoms with van der Waals surface area (Å²) in [6.45, 7) is -0.0150. The molecule has 0 aromatic heterocycles. The van der Waals surface area contributed by atoms with Gasteiger partial charge in [-0.2, -0.15) is 0 Å². The average Bonchev–Trinajstić information content (AvgIpc) is 3.18. The molecule has 0 radical (unpaired) electrons. The predicted molar refractivity (Wildman–Crippen MR) is 94.7 cm³/mol. The molecule has 0 spiro atoms. The molecule has 8 heteroatoms. The summed E-state index contributed by atoms with van der Waals surface area (Å²) < 4.78 is 20.9. The summed E-state index contributed by atoms with van der Waals surface area (Å²) in [4.78, 5) is 11.8. The number of rotatable bonds is 7. The van der Waals surface area contributed by atoms with E-state index < -0.39 is 18.3 Å². The zero-order chi connectivity index (χ0) is 19.2. The second kappa shape index (κ2) is 8.61. The number of aliphatic hydroxyl groups is 2. The van der Waals surface area contributed by atoms with Crippen molar-refractivity contribution < 1.29 is 34.0 Å². The number of amides is 1. The lowest BCUT2D eigenvalue weighted by molar-refractivity contribution is 0.0182. The standard InChI is InChI=1S/C19H21NO7/c1-24-15-7-13(8-16-18(15)27-11-26-16)17(22)14(21)9-20-19(23)25-10-12-5-3-2-4-6-12/h2-8,14,17,21-22H,9-11H2,1H3,(H,20,23). The van der Waals surface area contributed by atoms with Crippen LogP contribution in [-0.4, -0.2) is 42.9 Å². The molecule has 0 aliphatic carbocycles. The first-order valence-electron chi connectivity index (χ1n) is 8.36. The number of hydrogen-bond donors (Lipinski definition) is 3. The summed E-state index contributed by atoms with van der Waals surface area (Å²) in [5, 5.41) is 23.0. The number of fused-ring (bicyclic) bond motifs is 1. The van der Waals surface area contributed by atoms with Crippen LogP contribution in [0.25, 0.3) is 0 Å². The van der Waals surface area contributed by atoms with E-state index >= 15 is 0 Å². The highest BCUT2D eigenvalue weighted by molar-refractivity contribution is 5.67. The van der Waals surface area contributed by atoms with Crippen molar-refractivity contribution in [3.8, 4) is 17.2 Å². The lowest BCUT2D eigenvalue weighted by Gasteiger charge is -2.19. The van der Waals surface area contributed by atoms with Crippen LogP contribution in [0.3, 0.4) is 0 Å². The van der Waals surface area contributed by atoms with Gasteiger partial charge in [0.05, 0.1) is 7.11 Å². The lowest BCUT2D eigenvalue weighted by Crippen LogP contribution is -2.35. The molecule has 1 heterocycles. The summed E-state index contributed by atoms with van der Waals surface area (Å²) in [6.07, 6.45) is -3.20. The first-order valence-corrected chi connectivity index (χ1v) is 8.36. The molecule has 1 aliphatic rings. The molecule has 0 bridgehead atoms. The van der Waals surface area contributed by atoms with Gasteiger partial charge < -0.3 is 34.5 Å². The van der Waals surface area contributed by atoms with Crippen LogP contribution in [-0.2, 0) is 11.3 Å². The summed E-state index contributed by atoms with van der Waals surface area (Å²) in [7, 11) is 1.47. The number of aliphatic hydroxyl groups excluding tert-OH is 2. The Morgan fingerprint density at radius 3 is 2.74 bits per heavy atom. The zero-order valence-corrected chi connectivity index (χ0v) is 14.8. The highest BCUT2D eigenvalue weighted by atomic mass is 16.7. The van der Waals surface area contributed by atoms with E-state index in [0.29, 0.717) is 22.8 Å². The number of benzene rings is 2. The second-order valence-electron chi connectivity index (χ2n) is 5.91. The number of hydrogen-bond acceptors (Lipinski definition) is 7. The number of alkyl carbamates (subject to hydrolysis) is 1. The molecule has 2 aromatic carbocycles. The minimum absolute atomic E-state index is 0.0581. The Morgan fingerprint density at radius 1 is 1.22 bits per heavy atom. The Morgan fingerprint density at radius 2 is 2.00 bits per heavy atom. The van der Waals surface area contributed by atoms with E-state index in [0.717, 1.165) is 5.56 Å². The minimum Gasteiger partial charge on any atom is -0.493 e. The molecule has 8 nitrogen and oxygen atoms in total. The molecule has 3 rings (SSSR count). The summed E-state index contributed by atoms with van der Waals surface area (Å²) in [5.41, 5.74) is 1.23. The third kappa shape index (κ3) is 4.60. The van der Waals surface area contributed by atoms with Gasteiger partial charge in [-0.15, -0.1) is 0 Å². The van der Waals surface area contributed by atoms with Gasteiger partial charge in [-0.3, -0.25) is 0 Å². The van der Waals surface area contributed by atoms with Gasteiger partial charge in [-0.1, -0.05) is 30.3 Å². The van der Waals surface area contributed by atoms with Crippen LogP contribution >= 0.6 is 0 Å². The van der Waals surface area contributed by atoms with Crippen molar-refractivity contribution in [1.82, 2.24) is 5.32 Å². The average molecular weight is 375 g/mol. The first-order chi connectivity index (χ1) is 13.1. The van der Waals surface area contributed by atoms with E-state index in [1.54, 1.807) is 12.1 Å². The van der Waals surface area contributed by atoms with Gasteiger partial charge in [0, 0.05) is 6.54 Å². The lowest BCUT2D eigenvalue weighted by atomic mass is 10.0. The highest BCUT2D eigenvalue weighted by Crippen LogP contribution is 2.43. The topological polar surface area (TPSA) is 106 Å². The third-order valence-corrected chi connectivity index (χ3v) is 4.05. The van der Waals surface area contributed by atoms with Gasteiger partial charge in [0.2, 0.25) is 12.5 Å². The van der Waals surface area contributed by atoms with E-state index in [-0.39, 0.29) is 19.9 Å². The number of carbonyl (C=O) groups is 1. The number of carbonyl (C=O) groups excluding carboxylic acids is 1. The van der Waals surface area contributed by atoms with E-state index in [2.05, 4.69) is 5.32 Å². The van der Waals surface area contributed by atoms with Crippen molar-refractivity contribution in [2.24, 2.45) is 0 Å². The van der Waals surface area contributed by atoms with Crippen molar-refractivity contribution in [2.75, 3.05) is 20.4 Å². The predicted octanol–water partition coefficient (Wildman–Crippen LogP) is 1.74. The fraction of sp³-hybridized carbons (Fsp3) is 0.316. The van der Waals surface area contributed by atoms with Crippen molar-refractivity contribution in [2.45, 2.75) is 18.8 Å². The van der Waals surface area contributed by atoms with Crippen LogP contribution < -0.4 is 19.5 Å². The maximum Gasteiger partial charge on any atom is 0.407 e. The van der Waals surface area contributed by atoms with Crippen molar-refractivity contribution in [3.63, 3.8) is 0 Å². The van der Waals surface area contributed by atoms with Gasteiger partial charge >= 0.3 is 6.09 Å². The third-order valence-electron chi connectivity index (χ3n) is 4.05. The fourth-order valence-electron chi connectivity index (χ4n) is 2.62. The Balaban J connectivity index is 1.53. The van der Waals surface area contributed by atoms with Crippen LogP contribution in [0.5, 0.6) is 17.2 Å². The van der Waals surface area contributed by atoms with Crippen LogP contribution in [0.4, 0.5) is 4.79 Å². The van der Waals surface area contributed by atoms with Crippen LogP contribution in [0.1, 0.15) is 17.2 Å². The monoisotopic (exact) mass is 375 g/mol. The van der Waals surface area contributed by atoms with Crippen LogP contribution in [0, 0.1) is 0 Å². The molecule has 2 unspecified atom stereocenters. The van der Waals surface area contributed by atoms with E-state index in [9.17, 15) is 15.0 Å².